The van der Waals surface area contributed by atoms with Gasteiger partial charge in [-0.25, -0.2) is 10.0 Å². The Morgan fingerprint density at radius 2 is 0.878 bits per heavy atom. The number of aryl methyl sites for hydroxylation is 2. The van der Waals surface area contributed by atoms with Gasteiger partial charge in [-0.3, -0.25) is 0 Å². The number of hydrogen-bond acceptors (Lipinski definition) is 0. The lowest BCUT2D eigenvalue weighted by Gasteiger charge is -2.49. The molecule has 0 fully saturated rings. The van der Waals surface area contributed by atoms with Gasteiger partial charge in [0.15, 0.2) is 0 Å². The topological polar surface area (TPSA) is 0 Å². The van der Waals surface area contributed by atoms with E-state index in [4.69, 9.17) is 0 Å². The Labute approximate surface area is 297 Å². The maximum atomic E-state index is 2.68. The summed E-state index contributed by atoms with van der Waals surface area (Å²) in [4.78, 5) is 0. The van der Waals surface area contributed by atoms with E-state index in [9.17, 15) is 0 Å². The molecule has 0 aromatic heterocycles. The third-order valence-electron chi connectivity index (χ3n) is 11.8. The molecule has 1 heteroatoms. The predicted octanol–water partition coefficient (Wildman–Crippen LogP) is 12.4. The zero-order valence-electron chi connectivity index (χ0n) is 30.8. The summed E-state index contributed by atoms with van der Waals surface area (Å²) >= 11 is 0. The van der Waals surface area contributed by atoms with Crippen molar-refractivity contribution in [3.63, 3.8) is 0 Å². The molecule has 0 heterocycles. The van der Waals surface area contributed by atoms with E-state index in [0.29, 0.717) is 10.5 Å². The van der Waals surface area contributed by atoms with Crippen molar-refractivity contribution in [3.05, 3.63) is 165 Å². The molecule has 2 unspecified atom stereocenters. The van der Waals surface area contributed by atoms with Crippen LogP contribution < -0.4 is 0 Å². The SMILES string of the molecule is CC(C)(C)c1ccc2c(c1)C1=C(CC2)C(S(C)(C)C2C(c3ccccc3)=CC3=C2CCc2ccc(C(C)(C)C)cc23)C(c2ccccc2)=C1. The summed E-state index contributed by atoms with van der Waals surface area (Å²) in [5.41, 5.74) is 21.3. The van der Waals surface area contributed by atoms with Crippen molar-refractivity contribution in [3.8, 4) is 0 Å². The zero-order valence-corrected chi connectivity index (χ0v) is 31.6. The molecule has 0 spiro atoms. The van der Waals surface area contributed by atoms with E-state index in [0.717, 1.165) is 25.7 Å². The van der Waals surface area contributed by atoms with Crippen LogP contribution in [0.4, 0.5) is 0 Å². The predicted molar refractivity (Wildman–Crippen MR) is 217 cm³/mol. The lowest BCUT2D eigenvalue weighted by Crippen LogP contribution is -2.31. The number of hydrogen-bond donors (Lipinski definition) is 0. The highest BCUT2D eigenvalue weighted by atomic mass is 32.3. The molecule has 0 bridgehead atoms. The Balaban J connectivity index is 1.33. The summed E-state index contributed by atoms with van der Waals surface area (Å²) in [6.45, 7) is 14.1. The zero-order chi connectivity index (χ0) is 34.3. The van der Waals surface area contributed by atoms with Gasteiger partial charge in [0, 0.05) is 10.5 Å². The molecule has 4 aromatic carbocycles. The second-order valence-corrected chi connectivity index (χ2v) is 21.2. The molecule has 0 saturated heterocycles. The van der Waals surface area contributed by atoms with Crippen LogP contribution in [0.15, 0.2) is 120 Å². The van der Waals surface area contributed by atoms with Gasteiger partial charge in [-0.05, 0) is 139 Å². The van der Waals surface area contributed by atoms with E-state index in [-0.39, 0.29) is 10.8 Å². The van der Waals surface area contributed by atoms with E-state index in [1.54, 1.807) is 11.1 Å². The molecule has 0 amide bonds. The van der Waals surface area contributed by atoms with Gasteiger partial charge >= 0.3 is 0 Å². The first-order valence-electron chi connectivity index (χ1n) is 18.3. The molecule has 0 N–H and O–H groups in total. The minimum Gasteiger partial charge on any atom is -0.226 e. The van der Waals surface area contributed by atoms with Crippen LogP contribution in [0.1, 0.15) is 98.9 Å². The molecule has 4 aliphatic carbocycles. The highest BCUT2D eigenvalue weighted by molar-refractivity contribution is 8.34. The fourth-order valence-electron chi connectivity index (χ4n) is 9.16. The first-order valence-corrected chi connectivity index (χ1v) is 20.9. The van der Waals surface area contributed by atoms with E-state index in [1.807, 2.05) is 0 Å². The van der Waals surface area contributed by atoms with Gasteiger partial charge in [0.1, 0.15) is 0 Å². The molecule has 0 saturated carbocycles. The van der Waals surface area contributed by atoms with E-state index in [2.05, 4.69) is 163 Å². The Kier molecular flexibility index (Phi) is 7.69. The Bertz CT molecular complexity index is 1930. The molecule has 2 atom stereocenters. The van der Waals surface area contributed by atoms with Crippen molar-refractivity contribution in [2.24, 2.45) is 0 Å². The maximum Gasteiger partial charge on any atom is 0.0370 e. The number of benzene rings is 4. The van der Waals surface area contributed by atoms with Crippen LogP contribution in [-0.2, 0) is 23.7 Å². The highest BCUT2D eigenvalue weighted by Crippen LogP contribution is 2.68. The molecule has 0 radical (unpaired) electrons. The van der Waals surface area contributed by atoms with Gasteiger partial charge in [0.2, 0.25) is 0 Å². The minimum absolute atomic E-state index is 0.119. The van der Waals surface area contributed by atoms with Crippen molar-refractivity contribution in [1.82, 2.24) is 0 Å². The summed E-state index contributed by atoms with van der Waals surface area (Å²) in [5.74, 6) is 0. The van der Waals surface area contributed by atoms with Crippen LogP contribution in [0.3, 0.4) is 0 Å². The second kappa shape index (κ2) is 11.6. The monoisotopic (exact) mass is 660 g/mol. The standard InChI is InChI=1S/C48H52S/c1-47(2,3)35-23-19-33-21-25-37-43(39(33)27-35)29-41(31-15-11-9-12-16-31)45(37)49(7,8)46-38-26-22-34-20-24-36(48(4,5)6)28-40(34)44(38)30-42(46)32-17-13-10-14-18-32/h9-20,23-24,27-30,45-46H,21-22,25-26H2,1-8H3. The average molecular weight is 661 g/mol. The lowest BCUT2D eigenvalue weighted by atomic mass is 9.80. The van der Waals surface area contributed by atoms with Crippen molar-refractivity contribution < 1.29 is 0 Å². The third kappa shape index (κ3) is 5.45. The summed E-state index contributed by atoms with van der Waals surface area (Å²) < 4.78 is 0. The Hall–Kier alpha value is -3.81. The average Bonchev–Trinajstić information content (AvgIpc) is 3.69. The van der Waals surface area contributed by atoms with Crippen LogP contribution >= 0.6 is 10.0 Å². The molecule has 4 aromatic rings. The van der Waals surface area contributed by atoms with Crippen LogP contribution in [0.5, 0.6) is 0 Å². The highest BCUT2D eigenvalue weighted by Gasteiger charge is 2.47. The van der Waals surface area contributed by atoms with Gasteiger partial charge in [-0.15, -0.1) is 0 Å². The van der Waals surface area contributed by atoms with Crippen LogP contribution in [0.25, 0.3) is 22.3 Å². The molecule has 250 valence electrons. The number of allylic oxidation sites excluding steroid dienone is 4. The van der Waals surface area contributed by atoms with E-state index in [1.165, 1.54) is 66.8 Å². The van der Waals surface area contributed by atoms with Gasteiger partial charge in [0.25, 0.3) is 0 Å². The quantitative estimate of drug-likeness (QED) is 0.204. The van der Waals surface area contributed by atoms with Gasteiger partial charge < -0.3 is 0 Å². The van der Waals surface area contributed by atoms with Crippen molar-refractivity contribution in [2.75, 3.05) is 12.5 Å². The fraction of sp³-hybridized carbons (Fsp3) is 0.333. The third-order valence-corrected chi connectivity index (χ3v) is 15.3. The second-order valence-electron chi connectivity index (χ2n) is 17.3. The van der Waals surface area contributed by atoms with E-state index >= 15 is 0 Å². The van der Waals surface area contributed by atoms with Crippen molar-refractivity contribution in [2.45, 2.75) is 88.6 Å². The first-order chi connectivity index (χ1) is 23.3. The molecule has 0 nitrogen and oxygen atoms in total. The van der Waals surface area contributed by atoms with Crippen molar-refractivity contribution in [1.29, 1.82) is 0 Å². The summed E-state index contributed by atoms with van der Waals surface area (Å²) in [6.07, 6.45) is 15.2. The Morgan fingerprint density at radius 3 is 1.24 bits per heavy atom. The molecular formula is C48H52S. The number of rotatable bonds is 4. The Morgan fingerprint density at radius 1 is 0.490 bits per heavy atom. The summed E-state index contributed by atoms with van der Waals surface area (Å²) in [6, 6.07) is 37.4. The lowest BCUT2D eigenvalue weighted by molar-refractivity contribution is 0.589. The molecular weight excluding hydrogens is 609 g/mol. The number of fused-ring (bicyclic) bond motifs is 4. The smallest absolute Gasteiger partial charge is 0.0370 e. The molecule has 0 aliphatic heterocycles. The summed E-state index contributed by atoms with van der Waals surface area (Å²) in [5, 5.41) is 0.810. The largest absolute Gasteiger partial charge is 0.226 e. The normalized spacial score (nSPS) is 20.7. The van der Waals surface area contributed by atoms with Gasteiger partial charge in [-0.2, -0.15) is 0 Å². The first kappa shape index (κ1) is 32.4. The fourth-order valence-corrected chi connectivity index (χ4v) is 13.1. The summed E-state index contributed by atoms with van der Waals surface area (Å²) in [7, 11) is -1.31. The van der Waals surface area contributed by atoms with Crippen molar-refractivity contribution >= 4 is 32.3 Å². The van der Waals surface area contributed by atoms with Gasteiger partial charge in [-0.1, -0.05) is 139 Å². The van der Waals surface area contributed by atoms with E-state index < -0.39 is 10.0 Å². The van der Waals surface area contributed by atoms with Crippen LogP contribution in [0, 0.1) is 0 Å². The maximum absolute atomic E-state index is 2.68. The van der Waals surface area contributed by atoms with Crippen LogP contribution in [-0.4, -0.2) is 23.0 Å². The molecule has 49 heavy (non-hydrogen) atoms. The van der Waals surface area contributed by atoms with Crippen LogP contribution in [0.2, 0.25) is 0 Å². The minimum atomic E-state index is -1.31. The van der Waals surface area contributed by atoms with Gasteiger partial charge in [0.05, 0.1) is 0 Å². The molecule has 4 aliphatic rings. The molecule has 8 rings (SSSR count).